The Morgan fingerprint density at radius 1 is 1.35 bits per heavy atom. The van der Waals surface area contributed by atoms with Crippen molar-refractivity contribution in [3.05, 3.63) is 63.3 Å². The number of nitro groups is 1. The highest BCUT2D eigenvalue weighted by Gasteiger charge is 2.12. The van der Waals surface area contributed by atoms with Gasteiger partial charge >= 0.3 is 0 Å². The van der Waals surface area contributed by atoms with E-state index in [1.165, 1.54) is 17.7 Å². The molecule has 0 bridgehead atoms. The molecule has 5 nitrogen and oxygen atoms in total. The van der Waals surface area contributed by atoms with Gasteiger partial charge in [-0.3, -0.25) is 10.1 Å². The molecule has 1 heterocycles. The minimum Gasteiger partial charge on any atom is -0.367 e. The number of aromatic nitrogens is 1. The molecule has 104 valence electrons. The summed E-state index contributed by atoms with van der Waals surface area (Å²) >= 11 is 5.78. The van der Waals surface area contributed by atoms with Crippen molar-refractivity contribution in [2.24, 2.45) is 0 Å². The van der Waals surface area contributed by atoms with Gasteiger partial charge in [-0.15, -0.1) is 0 Å². The van der Waals surface area contributed by atoms with E-state index in [0.717, 1.165) is 6.42 Å². The zero-order chi connectivity index (χ0) is 14.5. The highest BCUT2D eigenvalue weighted by molar-refractivity contribution is 6.29. The fourth-order valence-electron chi connectivity index (χ4n) is 1.93. The molecule has 0 aliphatic rings. The lowest BCUT2D eigenvalue weighted by atomic mass is 10.1. The van der Waals surface area contributed by atoms with Gasteiger partial charge in [0.2, 0.25) is 0 Å². The van der Waals surface area contributed by atoms with Gasteiger partial charge in [-0.25, -0.2) is 4.98 Å². The standard InChI is InChI=1S/C14H14ClN3O2/c1-10(7-11-5-3-2-4-6-11)16-14-9-12(18(19)20)8-13(15)17-14/h2-6,8-10H,7H2,1H3,(H,16,17). The molecule has 6 heteroatoms. The van der Waals surface area contributed by atoms with Crippen molar-refractivity contribution in [2.75, 3.05) is 5.32 Å². The number of nitrogens with one attached hydrogen (secondary N) is 1. The fourth-order valence-corrected chi connectivity index (χ4v) is 2.14. The number of halogens is 1. The van der Waals surface area contributed by atoms with E-state index in [1.807, 2.05) is 37.3 Å². The molecule has 1 N–H and O–H groups in total. The predicted octanol–water partition coefficient (Wildman–Crippen LogP) is 3.69. The molecule has 1 aromatic carbocycles. The van der Waals surface area contributed by atoms with E-state index in [0.29, 0.717) is 5.82 Å². The van der Waals surface area contributed by atoms with Crippen LogP contribution in [0.4, 0.5) is 11.5 Å². The summed E-state index contributed by atoms with van der Waals surface area (Å²) in [6, 6.07) is 12.7. The summed E-state index contributed by atoms with van der Waals surface area (Å²) in [6.45, 7) is 1.99. The molecule has 0 aliphatic heterocycles. The molecule has 1 aromatic heterocycles. The molecule has 2 rings (SSSR count). The van der Waals surface area contributed by atoms with Crippen molar-refractivity contribution in [3.8, 4) is 0 Å². The van der Waals surface area contributed by atoms with Gasteiger partial charge in [-0.1, -0.05) is 41.9 Å². The summed E-state index contributed by atoms with van der Waals surface area (Å²) in [7, 11) is 0. The second kappa shape index (κ2) is 6.34. The molecule has 0 amide bonds. The van der Waals surface area contributed by atoms with Crippen LogP contribution >= 0.6 is 11.6 Å². The number of nitrogens with zero attached hydrogens (tertiary/aromatic N) is 2. The zero-order valence-electron chi connectivity index (χ0n) is 10.9. The lowest BCUT2D eigenvalue weighted by Gasteiger charge is -2.14. The first-order chi connectivity index (χ1) is 9.54. The monoisotopic (exact) mass is 291 g/mol. The maximum absolute atomic E-state index is 10.8. The Balaban J connectivity index is 2.07. The summed E-state index contributed by atoms with van der Waals surface area (Å²) in [5.74, 6) is 0.410. The van der Waals surface area contributed by atoms with Crippen LogP contribution in [0.3, 0.4) is 0 Å². The van der Waals surface area contributed by atoms with Gasteiger partial charge in [0.15, 0.2) is 0 Å². The topological polar surface area (TPSA) is 68.1 Å². The second-order valence-electron chi connectivity index (χ2n) is 4.53. The minimum absolute atomic E-state index is 0.0700. The average molecular weight is 292 g/mol. The smallest absolute Gasteiger partial charge is 0.276 e. The maximum Gasteiger partial charge on any atom is 0.276 e. The summed E-state index contributed by atoms with van der Waals surface area (Å²) in [5.41, 5.74) is 1.11. The average Bonchev–Trinajstić information content (AvgIpc) is 2.38. The van der Waals surface area contributed by atoms with Crippen molar-refractivity contribution in [1.82, 2.24) is 4.98 Å². The fraction of sp³-hybridized carbons (Fsp3) is 0.214. The number of hydrogen-bond donors (Lipinski definition) is 1. The highest BCUT2D eigenvalue weighted by Crippen LogP contribution is 2.21. The molecular formula is C14H14ClN3O2. The van der Waals surface area contributed by atoms with Crippen molar-refractivity contribution in [1.29, 1.82) is 0 Å². The van der Waals surface area contributed by atoms with Crippen LogP contribution in [0.5, 0.6) is 0 Å². The van der Waals surface area contributed by atoms with Crippen LogP contribution in [-0.2, 0) is 6.42 Å². The van der Waals surface area contributed by atoms with Gasteiger partial charge in [-0.05, 0) is 18.9 Å². The molecule has 0 fully saturated rings. The van der Waals surface area contributed by atoms with Gasteiger partial charge < -0.3 is 5.32 Å². The van der Waals surface area contributed by atoms with Crippen molar-refractivity contribution >= 4 is 23.1 Å². The molecule has 0 saturated carbocycles. The minimum atomic E-state index is -0.486. The van der Waals surface area contributed by atoms with E-state index >= 15 is 0 Å². The largest absolute Gasteiger partial charge is 0.367 e. The van der Waals surface area contributed by atoms with E-state index < -0.39 is 4.92 Å². The van der Waals surface area contributed by atoms with Gasteiger partial charge in [0.05, 0.1) is 17.1 Å². The number of hydrogen-bond acceptors (Lipinski definition) is 4. The molecule has 1 atom stereocenters. The SMILES string of the molecule is CC(Cc1ccccc1)Nc1cc([N+](=O)[O-])cc(Cl)n1. The van der Waals surface area contributed by atoms with Crippen molar-refractivity contribution in [2.45, 2.75) is 19.4 Å². The summed E-state index contributed by atoms with van der Waals surface area (Å²) in [6.07, 6.45) is 0.794. The number of benzene rings is 1. The van der Waals surface area contributed by atoms with E-state index in [4.69, 9.17) is 11.6 Å². The molecule has 0 spiro atoms. The second-order valence-corrected chi connectivity index (χ2v) is 4.91. The van der Waals surface area contributed by atoms with Crippen LogP contribution in [0.2, 0.25) is 5.15 Å². The molecule has 0 saturated heterocycles. The lowest BCUT2D eigenvalue weighted by Crippen LogP contribution is -2.19. The van der Waals surface area contributed by atoms with Gasteiger partial charge in [-0.2, -0.15) is 0 Å². The molecule has 20 heavy (non-hydrogen) atoms. The first-order valence-electron chi connectivity index (χ1n) is 6.17. The Morgan fingerprint density at radius 3 is 2.70 bits per heavy atom. The number of rotatable bonds is 5. The van der Waals surface area contributed by atoms with E-state index in [-0.39, 0.29) is 16.9 Å². The van der Waals surface area contributed by atoms with Crippen LogP contribution < -0.4 is 5.32 Å². The van der Waals surface area contributed by atoms with Crippen LogP contribution in [0.1, 0.15) is 12.5 Å². The van der Waals surface area contributed by atoms with E-state index in [9.17, 15) is 10.1 Å². The molecule has 0 aliphatic carbocycles. The molecule has 2 aromatic rings. The van der Waals surface area contributed by atoms with Crippen LogP contribution in [0.25, 0.3) is 0 Å². The van der Waals surface area contributed by atoms with Crippen molar-refractivity contribution < 1.29 is 4.92 Å². The number of anilines is 1. The maximum atomic E-state index is 10.8. The normalized spacial score (nSPS) is 11.9. The zero-order valence-corrected chi connectivity index (χ0v) is 11.7. The number of pyridine rings is 1. The Morgan fingerprint density at radius 2 is 2.05 bits per heavy atom. The Bertz CT molecular complexity index is 605. The first-order valence-corrected chi connectivity index (χ1v) is 6.55. The van der Waals surface area contributed by atoms with Gasteiger partial charge in [0.1, 0.15) is 11.0 Å². The van der Waals surface area contributed by atoms with Crippen LogP contribution in [0.15, 0.2) is 42.5 Å². The molecule has 0 radical (unpaired) electrons. The Labute approximate surface area is 121 Å². The molecule has 1 unspecified atom stereocenters. The summed E-state index contributed by atoms with van der Waals surface area (Å²) in [4.78, 5) is 14.3. The third-order valence-electron chi connectivity index (χ3n) is 2.77. The third kappa shape index (κ3) is 3.93. The lowest BCUT2D eigenvalue weighted by molar-refractivity contribution is -0.384. The van der Waals surface area contributed by atoms with Gasteiger partial charge in [0, 0.05) is 6.04 Å². The third-order valence-corrected chi connectivity index (χ3v) is 2.96. The summed E-state index contributed by atoms with van der Waals surface area (Å²) in [5, 5.41) is 14.0. The highest BCUT2D eigenvalue weighted by atomic mass is 35.5. The summed E-state index contributed by atoms with van der Waals surface area (Å²) < 4.78 is 0. The Hall–Kier alpha value is -2.14. The van der Waals surface area contributed by atoms with Crippen molar-refractivity contribution in [3.63, 3.8) is 0 Å². The van der Waals surface area contributed by atoms with Crippen LogP contribution in [0, 0.1) is 10.1 Å². The molecular weight excluding hydrogens is 278 g/mol. The van der Waals surface area contributed by atoms with Crippen LogP contribution in [-0.4, -0.2) is 15.9 Å². The predicted molar refractivity (Wildman–Crippen MR) is 79.1 cm³/mol. The quantitative estimate of drug-likeness (QED) is 0.518. The van der Waals surface area contributed by atoms with Gasteiger partial charge in [0.25, 0.3) is 5.69 Å². The van der Waals surface area contributed by atoms with E-state index in [1.54, 1.807) is 0 Å². The Kier molecular flexibility index (Phi) is 4.53. The van der Waals surface area contributed by atoms with E-state index in [2.05, 4.69) is 10.3 Å². The first kappa shape index (κ1) is 14.3.